The molecule has 1 atom stereocenters. The van der Waals surface area contributed by atoms with Crippen LogP contribution in [-0.2, 0) is 4.79 Å². The lowest BCUT2D eigenvalue weighted by Gasteiger charge is -2.27. The average molecular weight is 345 g/mol. The van der Waals surface area contributed by atoms with Gasteiger partial charge in [-0.3, -0.25) is 9.78 Å². The van der Waals surface area contributed by atoms with Crippen LogP contribution in [0.3, 0.4) is 0 Å². The second-order valence-corrected chi connectivity index (χ2v) is 6.27. The first-order chi connectivity index (χ1) is 11.5. The minimum absolute atomic E-state index is 0.0295. The highest BCUT2D eigenvalue weighted by molar-refractivity contribution is 6.34. The molecule has 1 unspecified atom stereocenters. The zero-order valence-electron chi connectivity index (χ0n) is 13.1. The second-order valence-electron chi connectivity index (χ2n) is 5.87. The molecular weight excluding hydrogens is 328 g/mol. The Morgan fingerprint density at radius 2 is 2.04 bits per heavy atom. The summed E-state index contributed by atoms with van der Waals surface area (Å²) in [5, 5.41) is 9.60. The maximum Gasteiger partial charge on any atom is 0.326 e. The molecule has 1 amide bonds. The lowest BCUT2D eigenvalue weighted by atomic mass is 10.1. The Balaban J connectivity index is 1.98. The van der Waals surface area contributed by atoms with Crippen LogP contribution in [0.4, 0.5) is 0 Å². The van der Waals surface area contributed by atoms with Crippen LogP contribution in [0.15, 0.2) is 42.6 Å². The molecular formula is C18H17ClN2O3. The van der Waals surface area contributed by atoms with Crippen LogP contribution < -0.4 is 0 Å². The summed E-state index contributed by atoms with van der Waals surface area (Å²) in [7, 11) is 0. The van der Waals surface area contributed by atoms with Gasteiger partial charge >= 0.3 is 5.97 Å². The third-order valence-corrected chi connectivity index (χ3v) is 4.44. The summed E-state index contributed by atoms with van der Waals surface area (Å²) in [6.45, 7) is 1.52. The van der Waals surface area contributed by atoms with Gasteiger partial charge in [-0.15, -0.1) is 0 Å². The molecule has 6 heteroatoms. The quantitative estimate of drug-likeness (QED) is 0.901. The highest BCUT2D eigenvalue weighted by atomic mass is 35.5. The summed E-state index contributed by atoms with van der Waals surface area (Å²) in [4.78, 5) is 30.0. The number of carboxylic acid groups (broad SMARTS) is 1. The fourth-order valence-electron chi connectivity index (χ4n) is 2.65. The number of amides is 1. The Hall–Kier alpha value is -2.40. The van der Waals surface area contributed by atoms with Gasteiger partial charge < -0.3 is 10.0 Å². The zero-order valence-corrected chi connectivity index (χ0v) is 13.9. The van der Waals surface area contributed by atoms with Gasteiger partial charge in [-0.05, 0) is 44.0 Å². The van der Waals surface area contributed by atoms with E-state index in [0.717, 1.165) is 24.1 Å². The summed E-state index contributed by atoms with van der Waals surface area (Å²) < 4.78 is 0. The molecule has 24 heavy (non-hydrogen) atoms. The van der Waals surface area contributed by atoms with Crippen LogP contribution in [0, 0.1) is 0 Å². The Kier molecular flexibility index (Phi) is 4.53. The molecule has 1 aliphatic carbocycles. The van der Waals surface area contributed by atoms with Crippen molar-refractivity contribution < 1.29 is 14.7 Å². The normalized spacial score (nSPS) is 14.9. The van der Waals surface area contributed by atoms with E-state index in [2.05, 4.69) is 4.98 Å². The molecule has 1 fully saturated rings. The van der Waals surface area contributed by atoms with E-state index in [-0.39, 0.29) is 11.9 Å². The molecule has 0 spiro atoms. The number of carbonyl (C=O) groups excluding carboxylic acids is 1. The van der Waals surface area contributed by atoms with Crippen LogP contribution in [-0.4, -0.2) is 39.0 Å². The minimum atomic E-state index is -1.02. The van der Waals surface area contributed by atoms with Gasteiger partial charge in [-0.1, -0.05) is 23.7 Å². The van der Waals surface area contributed by atoms with E-state index in [4.69, 9.17) is 11.6 Å². The van der Waals surface area contributed by atoms with Crippen LogP contribution in [0.5, 0.6) is 0 Å². The lowest BCUT2D eigenvalue weighted by Crippen LogP contribution is -2.44. The SMILES string of the molecule is CC(C(=O)O)N(C(=O)c1cc(-c2ccccn2)ccc1Cl)C1CC1. The third-order valence-electron chi connectivity index (χ3n) is 4.11. The Labute approximate surface area is 144 Å². The molecule has 1 saturated carbocycles. The van der Waals surface area contributed by atoms with Gasteiger partial charge in [0.25, 0.3) is 5.91 Å². The average Bonchev–Trinajstić information content (AvgIpc) is 3.41. The largest absolute Gasteiger partial charge is 0.480 e. The number of carboxylic acids is 1. The van der Waals surface area contributed by atoms with Gasteiger partial charge in [0.2, 0.25) is 0 Å². The van der Waals surface area contributed by atoms with Gasteiger partial charge in [0.05, 0.1) is 16.3 Å². The standard InChI is InChI=1S/C18H17ClN2O3/c1-11(18(23)24)21(13-6-7-13)17(22)14-10-12(5-8-15(14)19)16-4-2-3-9-20-16/h2-5,8-11,13H,6-7H2,1H3,(H,23,24). The second kappa shape index (κ2) is 6.61. The Morgan fingerprint density at radius 3 is 2.62 bits per heavy atom. The van der Waals surface area contributed by atoms with Crippen molar-refractivity contribution in [3.8, 4) is 11.3 Å². The van der Waals surface area contributed by atoms with Crippen molar-refractivity contribution in [1.82, 2.24) is 9.88 Å². The highest BCUT2D eigenvalue weighted by Crippen LogP contribution is 2.32. The monoisotopic (exact) mass is 344 g/mol. The van der Waals surface area contributed by atoms with E-state index in [9.17, 15) is 14.7 Å². The molecule has 1 aromatic heterocycles. The molecule has 2 aromatic rings. The van der Waals surface area contributed by atoms with Gasteiger partial charge in [-0.25, -0.2) is 4.79 Å². The van der Waals surface area contributed by atoms with Crippen molar-refractivity contribution in [1.29, 1.82) is 0 Å². The predicted octanol–water partition coefficient (Wildman–Crippen LogP) is 3.48. The number of aliphatic carboxylic acids is 1. The van der Waals surface area contributed by atoms with E-state index in [0.29, 0.717) is 10.6 Å². The van der Waals surface area contributed by atoms with Crippen LogP contribution in [0.25, 0.3) is 11.3 Å². The van der Waals surface area contributed by atoms with E-state index in [1.54, 1.807) is 24.4 Å². The summed E-state index contributed by atoms with van der Waals surface area (Å²) in [5.41, 5.74) is 1.80. The molecule has 0 radical (unpaired) electrons. The number of carbonyl (C=O) groups is 2. The molecule has 1 aliphatic rings. The van der Waals surface area contributed by atoms with Crippen LogP contribution in [0.1, 0.15) is 30.1 Å². The maximum atomic E-state index is 12.9. The number of nitrogens with zero attached hydrogens (tertiary/aromatic N) is 2. The first-order valence-electron chi connectivity index (χ1n) is 7.75. The Bertz CT molecular complexity index is 775. The number of hydrogen-bond acceptors (Lipinski definition) is 3. The van der Waals surface area contributed by atoms with Crippen molar-refractivity contribution in [3.63, 3.8) is 0 Å². The molecule has 1 aromatic carbocycles. The fraction of sp³-hybridized carbons (Fsp3) is 0.278. The number of halogens is 1. The predicted molar refractivity (Wildman–Crippen MR) is 91.0 cm³/mol. The number of benzene rings is 1. The minimum Gasteiger partial charge on any atom is -0.480 e. The van der Waals surface area contributed by atoms with Crippen molar-refractivity contribution in [2.45, 2.75) is 31.8 Å². The van der Waals surface area contributed by atoms with Gasteiger partial charge in [0.1, 0.15) is 6.04 Å². The van der Waals surface area contributed by atoms with Crippen molar-refractivity contribution >= 4 is 23.5 Å². The summed E-state index contributed by atoms with van der Waals surface area (Å²) >= 11 is 6.22. The van der Waals surface area contributed by atoms with Crippen molar-refractivity contribution in [2.24, 2.45) is 0 Å². The van der Waals surface area contributed by atoms with E-state index in [1.165, 1.54) is 11.8 Å². The molecule has 5 nitrogen and oxygen atoms in total. The molecule has 1 N–H and O–H groups in total. The molecule has 0 aliphatic heterocycles. The lowest BCUT2D eigenvalue weighted by molar-refractivity contribution is -0.141. The molecule has 1 heterocycles. The molecule has 124 valence electrons. The van der Waals surface area contributed by atoms with Crippen LogP contribution in [0.2, 0.25) is 5.02 Å². The van der Waals surface area contributed by atoms with Gasteiger partial charge in [-0.2, -0.15) is 0 Å². The van der Waals surface area contributed by atoms with Crippen molar-refractivity contribution in [3.05, 3.63) is 53.2 Å². The summed E-state index contributed by atoms with van der Waals surface area (Å²) in [6.07, 6.45) is 3.32. The molecule has 0 bridgehead atoms. The third kappa shape index (κ3) is 3.26. The summed E-state index contributed by atoms with van der Waals surface area (Å²) in [5.74, 6) is -1.37. The smallest absolute Gasteiger partial charge is 0.326 e. The Morgan fingerprint density at radius 1 is 1.29 bits per heavy atom. The van der Waals surface area contributed by atoms with Crippen LogP contribution >= 0.6 is 11.6 Å². The first kappa shape index (κ1) is 16.5. The van der Waals surface area contributed by atoms with Crippen molar-refractivity contribution in [2.75, 3.05) is 0 Å². The fourth-order valence-corrected chi connectivity index (χ4v) is 2.85. The number of aromatic nitrogens is 1. The first-order valence-corrected chi connectivity index (χ1v) is 8.13. The number of pyridine rings is 1. The van der Waals surface area contributed by atoms with Gasteiger partial charge in [0, 0.05) is 17.8 Å². The molecule has 0 saturated heterocycles. The van der Waals surface area contributed by atoms with E-state index >= 15 is 0 Å². The van der Waals surface area contributed by atoms with E-state index in [1.807, 2.05) is 18.2 Å². The maximum absolute atomic E-state index is 12.9. The van der Waals surface area contributed by atoms with Gasteiger partial charge in [0.15, 0.2) is 0 Å². The van der Waals surface area contributed by atoms with E-state index < -0.39 is 12.0 Å². The zero-order chi connectivity index (χ0) is 17.3. The summed E-state index contributed by atoms with van der Waals surface area (Å²) in [6, 6.07) is 9.72. The highest BCUT2D eigenvalue weighted by Gasteiger charge is 2.39. The number of rotatable bonds is 5. The topological polar surface area (TPSA) is 70.5 Å². The molecule has 3 rings (SSSR count). The number of hydrogen-bond donors (Lipinski definition) is 1.